The molecule has 0 aliphatic carbocycles. The molecule has 0 aliphatic heterocycles. The maximum Gasteiger partial charge on any atom is 0.472 e. The number of phosphoric ester groups is 1. The Morgan fingerprint density at radius 2 is 0.891 bits per heavy atom. The van der Waals surface area contributed by atoms with Gasteiger partial charge in [0.25, 0.3) is 0 Å². The molecule has 326 valence electrons. The maximum absolute atomic E-state index is 12.6. The Balaban J connectivity index is 4.02. The van der Waals surface area contributed by atoms with E-state index in [0.29, 0.717) is 6.42 Å². The second-order valence-electron chi connectivity index (χ2n) is 15.6. The molecule has 2 atom stereocenters. The zero-order chi connectivity index (χ0) is 40.3. The van der Waals surface area contributed by atoms with Gasteiger partial charge in [0.2, 0.25) is 0 Å². The van der Waals surface area contributed by atoms with Crippen LogP contribution in [-0.2, 0) is 32.7 Å². The van der Waals surface area contributed by atoms with Gasteiger partial charge >= 0.3 is 19.8 Å². The molecular formula is C45H88NO8P. The summed E-state index contributed by atoms with van der Waals surface area (Å²) in [5, 5.41) is 0. The molecule has 0 bridgehead atoms. The highest BCUT2D eigenvalue weighted by Crippen LogP contribution is 2.43. The number of ether oxygens (including phenoxy) is 2. The van der Waals surface area contributed by atoms with Gasteiger partial charge in [-0.2, -0.15) is 0 Å². The highest BCUT2D eigenvalue weighted by molar-refractivity contribution is 7.47. The summed E-state index contributed by atoms with van der Waals surface area (Å²) in [6.07, 6.45) is 43.9. The quantitative estimate of drug-likeness (QED) is 0.0267. The smallest absolute Gasteiger partial charge is 0.462 e. The van der Waals surface area contributed by atoms with Crippen molar-refractivity contribution in [1.82, 2.24) is 0 Å². The number of allylic oxidation sites excluding steroid dienone is 2. The largest absolute Gasteiger partial charge is 0.472 e. The number of hydrogen-bond acceptors (Lipinski definition) is 8. The third-order valence-corrected chi connectivity index (χ3v) is 11.1. The van der Waals surface area contributed by atoms with Crippen LogP contribution in [0.15, 0.2) is 12.2 Å². The first-order valence-corrected chi connectivity index (χ1v) is 24.7. The Hall–Kier alpha value is -1.25. The van der Waals surface area contributed by atoms with Gasteiger partial charge in [0, 0.05) is 19.4 Å². The van der Waals surface area contributed by atoms with Gasteiger partial charge in [0.1, 0.15) is 6.61 Å². The summed E-state index contributed by atoms with van der Waals surface area (Å²) in [5.41, 5.74) is 5.35. The van der Waals surface area contributed by atoms with E-state index < -0.39 is 26.5 Å². The molecule has 0 spiro atoms. The van der Waals surface area contributed by atoms with E-state index in [2.05, 4.69) is 26.0 Å². The molecule has 55 heavy (non-hydrogen) atoms. The maximum atomic E-state index is 12.6. The van der Waals surface area contributed by atoms with Crippen LogP contribution in [0.5, 0.6) is 0 Å². The van der Waals surface area contributed by atoms with Crippen LogP contribution in [0.1, 0.15) is 232 Å². The van der Waals surface area contributed by atoms with E-state index in [9.17, 15) is 19.0 Å². The predicted molar refractivity (Wildman–Crippen MR) is 229 cm³/mol. The summed E-state index contributed by atoms with van der Waals surface area (Å²) >= 11 is 0. The number of unbranched alkanes of at least 4 members (excludes halogenated alkanes) is 29. The highest BCUT2D eigenvalue weighted by atomic mass is 31.2. The van der Waals surface area contributed by atoms with Crippen molar-refractivity contribution >= 4 is 19.8 Å². The number of carbonyl (C=O) groups is 2. The number of esters is 2. The molecule has 0 aromatic heterocycles. The summed E-state index contributed by atoms with van der Waals surface area (Å²) < 4.78 is 32.8. The molecule has 0 amide bonds. The average molecular weight is 802 g/mol. The molecule has 0 aromatic rings. The van der Waals surface area contributed by atoms with Crippen LogP contribution in [0.3, 0.4) is 0 Å². The van der Waals surface area contributed by atoms with Crippen LogP contribution < -0.4 is 5.73 Å². The number of phosphoric acid groups is 1. The third kappa shape index (κ3) is 42.2. The number of hydrogen-bond donors (Lipinski definition) is 2. The molecule has 3 N–H and O–H groups in total. The normalized spacial score (nSPS) is 13.3. The monoisotopic (exact) mass is 802 g/mol. The third-order valence-electron chi connectivity index (χ3n) is 10.2. The predicted octanol–water partition coefficient (Wildman–Crippen LogP) is 13.4. The molecule has 0 rings (SSSR count). The second-order valence-corrected chi connectivity index (χ2v) is 17.1. The molecule has 10 heteroatoms. The van der Waals surface area contributed by atoms with Crippen molar-refractivity contribution in [1.29, 1.82) is 0 Å². The van der Waals surface area contributed by atoms with Crippen molar-refractivity contribution < 1.29 is 37.6 Å². The zero-order valence-electron chi connectivity index (χ0n) is 35.9. The van der Waals surface area contributed by atoms with Gasteiger partial charge < -0.3 is 20.1 Å². The average Bonchev–Trinajstić information content (AvgIpc) is 3.17. The summed E-state index contributed by atoms with van der Waals surface area (Å²) in [5.74, 6) is -0.826. The van der Waals surface area contributed by atoms with Crippen LogP contribution in [0.4, 0.5) is 0 Å². The van der Waals surface area contributed by atoms with Gasteiger partial charge in [0.05, 0.1) is 13.2 Å². The molecule has 0 radical (unpaired) electrons. The Morgan fingerprint density at radius 1 is 0.527 bits per heavy atom. The lowest BCUT2D eigenvalue weighted by atomic mass is 10.0. The number of rotatable bonds is 44. The summed E-state index contributed by atoms with van der Waals surface area (Å²) in [7, 11) is -4.37. The molecule has 0 saturated carbocycles. The Kier molecular flexibility index (Phi) is 41.4. The Labute approximate surface area is 339 Å². The van der Waals surface area contributed by atoms with Gasteiger partial charge in [-0.05, 0) is 38.5 Å². The van der Waals surface area contributed by atoms with Crippen LogP contribution in [-0.4, -0.2) is 49.3 Å². The second kappa shape index (κ2) is 42.4. The van der Waals surface area contributed by atoms with Gasteiger partial charge in [-0.25, -0.2) is 4.57 Å². The van der Waals surface area contributed by atoms with Crippen molar-refractivity contribution in [3.63, 3.8) is 0 Å². The minimum absolute atomic E-state index is 0.0549. The molecule has 0 heterocycles. The van der Waals surface area contributed by atoms with Crippen molar-refractivity contribution in [2.45, 2.75) is 238 Å². The lowest BCUT2D eigenvalue weighted by Crippen LogP contribution is -2.29. The first kappa shape index (κ1) is 53.8. The van der Waals surface area contributed by atoms with Gasteiger partial charge in [0.15, 0.2) is 6.10 Å². The number of nitrogens with two attached hydrogens (primary N) is 1. The van der Waals surface area contributed by atoms with E-state index in [1.807, 2.05) is 0 Å². The van der Waals surface area contributed by atoms with Gasteiger partial charge in [-0.15, -0.1) is 0 Å². The molecule has 0 aromatic carbocycles. The van der Waals surface area contributed by atoms with Gasteiger partial charge in [-0.1, -0.05) is 193 Å². The van der Waals surface area contributed by atoms with E-state index in [-0.39, 0.29) is 38.6 Å². The van der Waals surface area contributed by atoms with E-state index >= 15 is 0 Å². The lowest BCUT2D eigenvalue weighted by Gasteiger charge is -2.19. The fraction of sp³-hybridized carbons (Fsp3) is 0.911. The Morgan fingerprint density at radius 3 is 1.31 bits per heavy atom. The van der Waals surface area contributed by atoms with Crippen LogP contribution in [0, 0.1) is 0 Å². The fourth-order valence-electron chi connectivity index (χ4n) is 6.69. The van der Waals surface area contributed by atoms with E-state index in [1.54, 1.807) is 0 Å². The molecule has 2 unspecified atom stereocenters. The topological polar surface area (TPSA) is 134 Å². The zero-order valence-corrected chi connectivity index (χ0v) is 36.8. The van der Waals surface area contributed by atoms with Crippen molar-refractivity contribution in [3.8, 4) is 0 Å². The Bertz CT molecular complexity index is 917. The fourth-order valence-corrected chi connectivity index (χ4v) is 7.45. The summed E-state index contributed by atoms with van der Waals surface area (Å²) in [6.45, 7) is 3.74. The van der Waals surface area contributed by atoms with Crippen LogP contribution >= 0.6 is 7.82 Å². The van der Waals surface area contributed by atoms with Crippen molar-refractivity contribution in [2.75, 3.05) is 26.4 Å². The van der Waals surface area contributed by atoms with Gasteiger partial charge in [-0.3, -0.25) is 18.6 Å². The van der Waals surface area contributed by atoms with E-state index in [1.165, 1.54) is 148 Å². The van der Waals surface area contributed by atoms with Crippen LogP contribution in [0.2, 0.25) is 0 Å². The lowest BCUT2D eigenvalue weighted by molar-refractivity contribution is -0.161. The standard InChI is InChI=1S/C45H88NO8P/c1-3-5-7-9-11-13-15-17-18-19-20-21-22-23-24-26-27-29-31-33-35-37-44(47)51-41-43(42-53-55(49,50)52-40-39-46)54-45(48)38-36-34-32-30-28-25-16-14-12-10-8-6-4-2/h14,16,43H,3-13,15,17-42,46H2,1-2H3,(H,49,50)/b16-14-. The summed E-state index contributed by atoms with van der Waals surface area (Å²) in [4.78, 5) is 34.9. The first-order chi connectivity index (χ1) is 26.8. The molecule has 0 saturated heterocycles. The molecular weight excluding hydrogens is 713 g/mol. The van der Waals surface area contributed by atoms with Crippen LogP contribution in [0.25, 0.3) is 0 Å². The molecule has 0 fully saturated rings. The first-order valence-electron chi connectivity index (χ1n) is 23.2. The minimum Gasteiger partial charge on any atom is -0.462 e. The van der Waals surface area contributed by atoms with E-state index in [0.717, 1.165) is 51.4 Å². The minimum atomic E-state index is -4.37. The SMILES string of the molecule is CCCCCC/C=C\CCCCCCCC(=O)OC(COC(=O)CCCCCCCCCCCCCCCCCCCCCCC)COP(=O)(O)OCCN. The molecule has 9 nitrogen and oxygen atoms in total. The van der Waals surface area contributed by atoms with Crippen molar-refractivity contribution in [3.05, 3.63) is 12.2 Å². The van der Waals surface area contributed by atoms with Crippen molar-refractivity contribution in [2.24, 2.45) is 5.73 Å². The van der Waals surface area contributed by atoms with E-state index in [4.69, 9.17) is 24.3 Å². The molecule has 0 aliphatic rings. The summed E-state index contributed by atoms with van der Waals surface area (Å²) in [6, 6.07) is 0. The highest BCUT2D eigenvalue weighted by Gasteiger charge is 2.26. The number of carbonyl (C=O) groups excluding carboxylic acids is 2.